The Hall–Kier alpha value is -2.81. The molecule has 5 nitrogen and oxygen atoms in total. The fourth-order valence-corrected chi connectivity index (χ4v) is 5.94. The molecule has 0 aliphatic rings. The molecular formula is C24H20N4OS3. The first kappa shape index (κ1) is 21.1. The first-order valence-corrected chi connectivity index (χ1v) is 12.9. The van der Waals surface area contributed by atoms with Gasteiger partial charge in [0.1, 0.15) is 11.6 Å². The highest BCUT2D eigenvalue weighted by atomic mass is 32.2. The van der Waals surface area contributed by atoms with Crippen LogP contribution in [0, 0.1) is 0 Å². The van der Waals surface area contributed by atoms with Gasteiger partial charge in [0.2, 0.25) is 0 Å². The first-order chi connectivity index (χ1) is 15.9. The highest BCUT2D eigenvalue weighted by Crippen LogP contribution is 2.32. The molecule has 0 fully saturated rings. The molecule has 32 heavy (non-hydrogen) atoms. The summed E-state index contributed by atoms with van der Waals surface area (Å²) >= 11 is 5.06. The van der Waals surface area contributed by atoms with Gasteiger partial charge in [0.25, 0.3) is 0 Å². The van der Waals surface area contributed by atoms with Gasteiger partial charge in [-0.15, -0.1) is 21.5 Å². The van der Waals surface area contributed by atoms with Crippen LogP contribution in [0.2, 0.25) is 0 Å². The van der Waals surface area contributed by atoms with Crippen molar-refractivity contribution < 1.29 is 4.74 Å². The van der Waals surface area contributed by atoms with E-state index in [9.17, 15) is 0 Å². The Morgan fingerprint density at radius 1 is 0.812 bits per heavy atom. The van der Waals surface area contributed by atoms with Gasteiger partial charge < -0.3 is 4.74 Å². The van der Waals surface area contributed by atoms with Crippen LogP contribution in [0.1, 0.15) is 5.82 Å². The van der Waals surface area contributed by atoms with Gasteiger partial charge in [-0.3, -0.25) is 4.57 Å². The number of hydrogen-bond donors (Lipinski definition) is 0. The Morgan fingerprint density at radius 2 is 1.56 bits per heavy atom. The minimum absolute atomic E-state index is 0.603. The molecule has 0 N–H and O–H groups in total. The molecule has 0 amide bonds. The van der Waals surface area contributed by atoms with E-state index in [0.29, 0.717) is 12.4 Å². The SMILES string of the molecule is c1ccc(OCCSc2nnc(CSc3nc4ccccc4s3)n2-c2ccccc2)cc1. The molecule has 160 valence electrons. The number of hydrogen-bond acceptors (Lipinski definition) is 7. The predicted octanol–water partition coefficient (Wildman–Crippen LogP) is 6.34. The normalized spacial score (nSPS) is 11.1. The van der Waals surface area contributed by atoms with Crippen LogP contribution in [0.5, 0.6) is 5.75 Å². The maximum atomic E-state index is 5.82. The van der Waals surface area contributed by atoms with Gasteiger partial charge >= 0.3 is 0 Å². The number of ether oxygens (including phenoxy) is 1. The van der Waals surface area contributed by atoms with E-state index in [0.717, 1.165) is 38.0 Å². The number of aromatic nitrogens is 4. The van der Waals surface area contributed by atoms with E-state index < -0.39 is 0 Å². The molecule has 0 saturated carbocycles. The van der Waals surface area contributed by atoms with Gasteiger partial charge in [-0.25, -0.2) is 4.98 Å². The van der Waals surface area contributed by atoms with Crippen LogP contribution in [0.25, 0.3) is 15.9 Å². The maximum Gasteiger partial charge on any atom is 0.195 e. The average molecular weight is 477 g/mol. The summed E-state index contributed by atoms with van der Waals surface area (Å²) in [6.07, 6.45) is 0. The predicted molar refractivity (Wildman–Crippen MR) is 133 cm³/mol. The van der Waals surface area contributed by atoms with Gasteiger partial charge in [0.05, 0.1) is 22.6 Å². The van der Waals surface area contributed by atoms with E-state index >= 15 is 0 Å². The molecule has 5 aromatic rings. The fourth-order valence-electron chi connectivity index (χ4n) is 3.17. The molecule has 0 unspecified atom stereocenters. The summed E-state index contributed by atoms with van der Waals surface area (Å²) in [5, 5.41) is 9.86. The Kier molecular flexibility index (Phi) is 6.72. The van der Waals surface area contributed by atoms with Crippen molar-refractivity contribution in [2.75, 3.05) is 12.4 Å². The molecule has 3 aromatic carbocycles. The zero-order valence-electron chi connectivity index (χ0n) is 17.1. The monoisotopic (exact) mass is 476 g/mol. The van der Waals surface area contributed by atoms with Crippen LogP contribution in [0.15, 0.2) is 94.4 Å². The summed E-state index contributed by atoms with van der Waals surface area (Å²) in [4.78, 5) is 4.73. The Labute approximate surface area is 198 Å². The molecule has 0 aliphatic heterocycles. The number of nitrogens with zero attached hydrogens (tertiary/aromatic N) is 4. The summed E-state index contributed by atoms with van der Waals surface area (Å²) in [6, 6.07) is 28.3. The molecule has 5 rings (SSSR count). The number of rotatable bonds is 9. The highest BCUT2D eigenvalue weighted by Gasteiger charge is 2.16. The number of thioether (sulfide) groups is 2. The second-order valence-corrected chi connectivity index (χ2v) is 10.1. The van der Waals surface area contributed by atoms with E-state index in [1.807, 2.05) is 60.7 Å². The molecule has 0 spiro atoms. The van der Waals surface area contributed by atoms with Crippen LogP contribution in [0.3, 0.4) is 0 Å². The molecule has 8 heteroatoms. The van der Waals surface area contributed by atoms with Crippen molar-refractivity contribution in [3.8, 4) is 11.4 Å². The molecule has 0 radical (unpaired) electrons. The average Bonchev–Trinajstić information content (AvgIpc) is 3.45. The van der Waals surface area contributed by atoms with Crippen molar-refractivity contribution in [1.82, 2.24) is 19.7 Å². The third-order valence-electron chi connectivity index (χ3n) is 4.64. The zero-order chi connectivity index (χ0) is 21.6. The van der Waals surface area contributed by atoms with Crippen molar-refractivity contribution in [3.63, 3.8) is 0 Å². The second kappa shape index (κ2) is 10.2. The van der Waals surface area contributed by atoms with E-state index in [2.05, 4.69) is 39.0 Å². The smallest absolute Gasteiger partial charge is 0.195 e. The van der Waals surface area contributed by atoms with Gasteiger partial charge in [0, 0.05) is 11.4 Å². The minimum atomic E-state index is 0.603. The zero-order valence-corrected chi connectivity index (χ0v) is 19.6. The molecule has 0 bridgehead atoms. The lowest BCUT2D eigenvalue weighted by Crippen LogP contribution is -2.04. The molecule has 0 saturated heterocycles. The van der Waals surface area contributed by atoms with Gasteiger partial charge in [-0.05, 0) is 36.4 Å². The van der Waals surface area contributed by atoms with Crippen molar-refractivity contribution in [1.29, 1.82) is 0 Å². The van der Waals surface area contributed by atoms with Gasteiger partial charge in [0.15, 0.2) is 9.50 Å². The minimum Gasteiger partial charge on any atom is -0.493 e. The van der Waals surface area contributed by atoms with Crippen LogP contribution in [-0.2, 0) is 5.75 Å². The largest absolute Gasteiger partial charge is 0.493 e. The Morgan fingerprint density at radius 3 is 2.38 bits per heavy atom. The molecule has 0 atom stereocenters. The van der Waals surface area contributed by atoms with Crippen molar-refractivity contribution in [2.24, 2.45) is 0 Å². The molecule has 2 heterocycles. The van der Waals surface area contributed by atoms with E-state index in [4.69, 9.17) is 9.72 Å². The van der Waals surface area contributed by atoms with Crippen LogP contribution in [0.4, 0.5) is 0 Å². The topological polar surface area (TPSA) is 52.8 Å². The number of thiazole rings is 1. The Bertz CT molecular complexity index is 1260. The summed E-state index contributed by atoms with van der Waals surface area (Å²) in [5.74, 6) is 3.27. The van der Waals surface area contributed by atoms with Crippen molar-refractivity contribution in [3.05, 3.63) is 90.8 Å². The third-order valence-corrected chi connectivity index (χ3v) is 7.71. The van der Waals surface area contributed by atoms with Crippen molar-refractivity contribution >= 4 is 45.1 Å². The fraction of sp³-hybridized carbons (Fsp3) is 0.125. The third kappa shape index (κ3) is 4.98. The quantitative estimate of drug-likeness (QED) is 0.183. The van der Waals surface area contributed by atoms with Crippen LogP contribution < -0.4 is 4.74 Å². The Balaban J connectivity index is 1.30. The lowest BCUT2D eigenvalue weighted by molar-refractivity contribution is 0.344. The molecule has 2 aromatic heterocycles. The summed E-state index contributed by atoms with van der Waals surface area (Å²) in [7, 11) is 0. The maximum absolute atomic E-state index is 5.82. The molecular weight excluding hydrogens is 456 g/mol. The van der Waals surface area contributed by atoms with Crippen LogP contribution >= 0.6 is 34.9 Å². The molecule has 0 aliphatic carbocycles. The van der Waals surface area contributed by atoms with E-state index in [1.165, 1.54) is 4.70 Å². The highest BCUT2D eigenvalue weighted by molar-refractivity contribution is 8.00. The lowest BCUT2D eigenvalue weighted by atomic mass is 10.3. The van der Waals surface area contributed by atoms with Crippen LogP contribution in [-0.4, -0.2) is 32.1 Å². The lowest BCUT2D eigenvalue weighted by Gasteiger charge is -2.10. The standard InChI is InChI=1S/C24H20N4OS3/c1-3-9-18(10-4-1)28-22(17-31-24-25-20-13-7-8-14-21(20)32-24)26-27-23(28)30-16-15-29-19-11-5-2-6-12-19/h1-14H,15-17H2. The summed E-state index contributed by atoms with van der Waals surface area (Å²) in [6.45, 7) is 0.603. The van der Waals surface area contributed by atoms with Gasteiger partial charge in [-0.2, -0.15) is 0 Å². The van der Waals surface area contributed by atoms with Crippen molar-refractivity contribution in [2.45, 2.75) is 15.2 Å². The number of para-hydroxylation sites is 3. The number of fused-ring (bicyclic) bond motifs is 1. The second-order valence-electron chi connectivity index (χ2n) is 6.82. The first-order valence-electron chi connectivity index (χ1n) is 10.2. The van der Waals surface area contributed by atoms with E-state index in [-0.39, 0.29) is 0 Å². The van der Waals surface area contributed by atoms with E-state index in [1.54, 1.807) is 34.9 Å². The summed E-state index contributed by atoms with van der Waals surface area (Å²) in [5.41, 5.74) is 2.10. The summed E-state index contributed by atoms with van der Waals surface area (Å²) < 4.78 is 10.2. The van der Waals surface area contributed by atoms with Gasteiger partial charge in [-0.1, -0.05) is 72.1 Å². The number of benzene rings is 3.